The summed E-state index contributed by atoms with van der Waals surface area (Å²) in [5.74, 6) is -0.124. The van der Waals surface area contributed by atoms with E-state index in [9.17, 15) is 9.50 Å². The van der Waals surface area contributed by atoms with Crippen molar-refractivity contribution in [3.63, 3.8) is 0 Å². The monoisotopic (exact) mass is 295 g/mol. The molecule has 2 N–H and O–H groups in total. The molecule has 2 rings (SSSR count). The molecular weight excluding hydrogens is 269 g/mol. The zero-order chi connectivity index (χ0) is 15.1. The average molecular weight is 295 g/mol. The first-order chi connectivity index (χ1) is 10.2. The van der Waals surface area contributed by atoms with Crippen LogP contribution >= 0.6 is 0 Å². The Kier molecular flexibility index (Phi) is 6.15. The number of halogens is 1. The molecule has 4 heteroatoms. The van der Waals surface area contributed by atoms with Crippen molar-refractivity contribution in [2.45, 2.75) is 38.6 Å². The Bertz CT molecular complexity index is 433. The van der Waals surface area contributed by atoms with Crippen LogP contribution in [-0.4, -0.2) is 37.5 Å². The molecule has 0 radical (unpaired) electrons. The fourth-order valence-electron chi connectivity index (χ4n) is 2.76. The van der Waals surface area contributed by atoms with E-state index in [-0.39, 0.29) is 17.8 Å². The molecule has 1 unspecified atom stereocenters. The van der Waals surface area contributed by atoms with Gasteiger partial charge in [0.05, 0.1) is 6.61 Å². The van der Waals surface area contributed by atoms with Gasteiger partial charge in [0.1, 0.15) is 5.82 Å². The van der Waals surface area contributed by atoms with E-state index in [1.165, 1.54) is 6.07 Å². The Morgan fingerprint density at radius 1 is 1.33 bits per heavy atom. The molecule has 1 aromatic carbocycles. The van der Waals surface area contributed by atoms with Crippen LogP contribution in [-0.2, 0) is 11.2 Å². The molecule has 0 spiro atoms. The van der Waals surface area contributed by atoms with Crippen molar-refractivity contribution in [2.24, 2.45) is 5.41 Å². The molecule has 21 heavy (non-hydrogen) atoms. The molecule has 1 heterocycles. The molecule has 1 fully saturated rings. The number of aliphatic hydroxyl groups excluding tert-OH is 1. The van der Waals surface area contributed by atoms with Gasteiger partial charge in [0.15, 0.2) is 0 Å². The Morgan fingerprint density at radius 3 is 2.71 bits per heavy atom. The number of nitrogens with one attached hydrogen (secondary N) is 1. The highest BCUT2D eigenvalue weighted by atomic mass is 19.1. The van der Waals surface area contributed by atoms with E-state index in [0.29, 0.717) is 6.04 Å². The highest BCUT2D eigenvalue weighted by Crippen LogP contribution is 2.29. The summed E-state index contributed by atoms with van der Waals surface area (Å²) in [6.45, 7) is 4.57. The summed E-state index contributed by atoms with van der Waals surface area (Å²) in [6.07, 6.45) is 3.42. The molecule has 1 aliphatic heterocycles. The van der Waals surface area contributed by atoms with Crippen LogP contribution in [0.25, 0.3) is 0 Å². The van der Waals surface area contributed by atoms with E-state index in [2.05, 4.69) is 12.2 Å². The van der Waals surface area contributed by atoms with Crippen molar-refractivity contribution in [3.8, 4) is 0 Å². The van der Waals surface area contributed by atoms with E-state index in [1.807, 2.05) is 12.1 Å². The summed E-state index contributed by atoms with van der Waals surface area (Å²) in [7, 11) is 0. The van der Waals surface area contributed by atoms with Crippen molar-refractivity contribution in [1.82, 2.24) is 5.32 Å². The third-order valence-corrected chi connectivity index (χ3v) is 4.52. The first-order valence-electron chi connectivity index (χ1n) is 7.81. The van der Waals surface area contributed by atoms with Gasteiger partial charge in [0.2, 0.25) is 0 Å². The maximum atomic E-state index is 13.6. The minimum absolute atomic E-state index is 0.0511. The summed E-state index contributed by atoms with van der Waals surface area (Å²) in [5, 5.41) is 13.1. The largest absolute Gasteiger partial charge is 0.396 e. The van der Waals surface area contributed by atoms with Crippen LogP contribution in [0.3, 0.4) is 0 Å². The first kappa shape index (κ1) is 16.4. The lowest BCUT2D eigenvalue weighted by molar-refractivity contribution is -0.0163. The second-order valence-corrected chi connectivity index (χ2v) is 6.18. The molecule has 0 bridgehead atoms. The quantitative estimate of drug-likeness (QED) is 0.812. The van der Waals surface area contributed by atoms with Gasteiger partial charge in [-0.3, -0.25) is 0 Å². The van der Waals surface area contributed by atoms with Gasteiger partial charge in [-0.15, -0.1) is 0 Å². The van der Waals surface area contributed by atoms with Crippen LogP contribution in [0.15, 0.2) is 24.3 Å². The predicted octanol–water partition coefficient (Wildman–Crippen LogP) is 2.53. The third-order valence-electron chi connectivity index (χ3n) is 4.52. The van der Waals surface area contributed by atoms with Crippen LogP contribution in [0, 0.1) is 11.2 Å². The van der Waals surface area contributed by atoms with E-state index in [0.717, 1.165) is 51.0 Å². The maximum absolute atomic E-state index is 13.6. The van der Waals surface area contributed by atoms with Gasteiger partial charge in [-0.2, -0.15) is 0 Å². The van der Waals surface area contributed by atoms with Crippen LogP contribution in [0.5, 0.6) is 0 Å². The molecule has 0 amide bonds. The number of hydrogen-bond acceptors (Lipinski definition) is 3. The van der Waals surface area contributed by atoms with Gasteiger partial charge in [0.25, 0.3) is 0 Å². The lowest BCUT2D eigenvalue weighted by Crippen LogP contribution is -2.44. The fourth-order valence-corrected chi connectivity index (χ4v) is 2.76. The second kappa shape index (κ2) is 7.87. The van der Waals surface area contributed by atoms with E-state index in [4.69, 9.17) is 4.74 Å². The number of aryl methyl sites for hydroxylation is 1. The highest BCUT2D eigenvalue weighted by Gasteiger charge is 2.31. The SMILES string of the molecule is CC(CCc1ccccc1F)NCC1(CO)CCOCC1. The predicted molar refractivity (Wildman–Crippen MR) is 81.8 cm³/mol. The minimum atomic E-state index is -0.124. The van der Waals surface area contributed by atoms with E-state index < -0.39 is 0 Å². The lowest BCUT2D eigenvalue weighted by atomic mass is 9.81. The Hall–Kier alpha value is -0.970. The van der Waals surface area contributed by atoms with Gasteiger partial charge in [-0.25, -0.2) is 4.39 Å². The Labute approximate surface area is 126 Å². The van der Waals surface area contributed by atoms with E-state index >= 15 is 0 Å². The molecule has 0 aromatic heterocycles. The van der Waals surface area contributed by atoms with Crippen LogP contribution < -0.4 is 5.32 Å². The zero-order valence-electron chi connectivity index (χ0n) is 12.8. The molecule has 1 saturated heterocycles. The van der Waals surface area contributed by atoms with E-state index in [1.54, 1.807) is 6.07 Å². The smallest absolute Gasteiger partial charge is 0.126 e. The van der Waals surface area contributed by atoms with Gasteiger partial charge in [0, 0.05) is 31.2 Å². The normalized spacial score (nSPS) is 19.4. The Morgan fingerprint density at radius 2 is 2.05 bits per heavy atom. The molecule has 1 atom stereocenters. The molecule has 0 saturated carbocycles. The molecule has 0 aliphatic carbocycles. The van der Waals surface area contributed by atoms with Crippen LogP contribution in [0.4, 0.5) is 4.39 Å². The topological polar surface area (TPSA) is 41.5 Å². The number of hydrogen-bond donors (Lipinski definition) is 2. The van der Waals surface area contributed by atoms with Crippen molar-refractivity contribution in [1.29, 1.82) is 0 Å². The highest BCUT2D eigenvalue weighted by molar-refractivity contribution is 5.17. The first-order valence-corrected chi connectivity index (χ1v) is 7.81. The summed E-state index contributed by atoms with van der Waals surface area (Å²) in [4.78, 5) is 0. The van der Waals surface area contributed by atoms with Crippen molar-refractivity contribution in [2.75, 3.05) is 26.4 Å². The minimum Gasteiger partial charge on any atom is -0.396 e. The summed E-state index contributed by atoms with van der Waals surface area (Å²) >= 11 is 0. The molecule has 118 valence electrons. The summed E-state index contributed by atoms with van der Waals surface area (Å²) < 4.78 is 18.9. The van der Waals surface area contributed by atoms with Gasteiger partial charge < -0.3 is 15.2 Å². The van der Waals surface area contributed by atoms with Gasteiger partial charge in [-0.1, -0.05) is 18.2 Å². The van der Waals surface area contributed by atoms with Crippen molar-refractivity contribution >= 4 is 0 Å². The number of aliphatic hydroxyl groups is 1. The van der Waals surface area contributed by atoms with Crippen molar-refractivity contribution in [3.05, 3.63) is 35.6 Å². The fraction of sp³-hybridized carbons (Fsp3) is 0.647. The average Bonchev–Trinajstić information content (AvgIpc) is 2.53. The van der Waals surface area contributed by atoms with Gasteiger partial charge >= 0.3 is 0 Å². The van der Waals surface area contributed by atoms with Crippen molar-refractivity contribution < 1.29 is 14.2 Å². The number of rotatable bonds is 7. The number of benzene rings is 1. The second-order valence-electron chi connectivity index (χ2n) is 6.18. The molecule has 1 aromatic rings. The summed E-state index contributed by atoms with van der Waals surface area (Å²) in [6, 6.07) is 7.25. The summed E-state index contributed by atoms with van der Waals surface area (Å²) in [5.41, 5.74) is 0.721. The molecular formula is C17H26FNO2. The maximum Gasteiger partial charge on any atom is 0.126 e. The standard InChI is InChI=1S/C17H26FNO2/c1-14(6-7-15-4-2-3-5-16(15)18)19-12-17(13-20)8-10-21-11-9-17/h2-5,14,19-20H,6-13H2,1H3. The third kappa shape index (κ3) is 4.77. The molecule has 1 aliphatic rings. The molecule has 3 nitrogen and oxygen atoms in total. The van der Waals surface area contributed by atoms with Crippen LogP contribution in [0.1, 0.15) is 31.7 Å². The van der Waals surface area contributed by atoms with Crippen LogP contribution in [0.2, 0.25) is 0 Å². The Balaban J connectivity index is 1.76. The zero-order valence-corrected chi connectivity index (χ0v) is 12.8. The van der Waals surface area contributed by atoms with Gasteiger partial charge in [-0.05, 0) is 44.2 Å². The number of ether oxygens (including phenoxy) is 1. The lowest BCUT2D eigenvalue weighted by Gasteiger charge is -2.36.